The molecule has 0 spiro atoms. The Morgan fingerprint density at radius 3 is 2.50 bits per heavy atom. The predicted octanol–water partition coefficient (Wildman–Crippen LogP) is 1.94. The van der Waals surface area contributed by atoms with E-state index in [1.165, 1.54) is 24.3 Å². The number of likely N-dealkylation sites (tertiary alicyclic amines) is 1. The number of piperidine rings is 1. The zero-order valence-corrected chi connectivity index (χ0v) is 14.2. The highest BCUT2D eigenvalue weighted by Crippen LogP contribution is 2.10. The molecule has 0 radical (unpaired) electrons. The molecule has 2 N–H and O–H groups in total. The van der Waals surface area contributed by atoms with Crippen LogP contribution in [0.25, 0.3) is 0 Å². The van der Waals surface area contributed by atoms with E-state index in [0.717, 1.165) is 38.9 Å². The molecule has 0 aliphatic carbocycles. The Morgan fingerprint density at radius 1 is 1.21 bits per heavy atom. The van der Waals surface area contributed by atoms with Crippen LogP contribution in [0, 0.1) is 5.82 Å². The van der Waals surface area contributed by atoms with Gasteiger partial charge in [-0.1, -0.05) is 6.92 Å². The van der Waals surface area contributed by atoms with E-state index < -0.39 is 0 Å². The lowest BCUT2D eigenvalue weighted by molar-refractivity contribution is -0.121. The normalized spacial score (nSPS) is 15.9. The average Bonchev–Trinajstić information content (AvgIpc) is 2.57. The summed E-state index contributed by atoms with van der Waals surface area (Å²) in [5.74, 6) is -0.713. The molecule has 0 atom stereocenters. The summed E-state index contributed by atoms with van der Waals surface area (Å²) in [6.45, 7) is 5.63. The molecule has 6 heteroatoms. The third-order valence-corrected chi connectivity index (χ3v) is 4.24. The lowest BCUT2D eigenvalue weighted by Crippen LogP contribution is -2.45. The number of halogens is 1. The molecule has 132 valence electrons. The molecule has 1 aliphatic heterocycles. The Hall–Kier alpha value is -1.95. The second-order valence-corrected chi connectivity index (χ2v) is 6.20. The number of benzene rings is 1. The van der Waals surface area contributed by atoms with Gasteiger partial charge < -0.3 is 15.5 Å². The SMILES string of the molecule is CCCN1CCC(NC(=O)CCNC(=O)c2ccc(F)cc2)CC1. The fraction of sp³-hybridized carbons (Fsp3) is 0.556. The number of carbonyl (C=O) groups is 2. The van der Waals surface area contributed by atoms with Crippen molar-refractivity contribution in [1.82, 2.24) is 15.5 Å². The molecule has 0 aromatic heterocycles. The van der Waals surface area contributed by atoms with E-state index in [9.17, 15) is 14.0 Å². The maximum atomic E-state index is 12.8. The van der Waals surface area contributed by atoms with Crippen LogP contribution in [0.1, 0.15) is 43.0 Å². The topological polar surface area (TPSA) is 61.4 Å². The summed E-state index contributed by atoms with van der Waals surface area (Å²) in [6, 6.07) is 5.57. The van der Waals surface area contributed by atoms with Gasteiger partial charge in [-0.3, -0.25) is 9.59 Å². The van der Waals surface area contributed by atoms with Crippen LogP contribution in [0.4, 0.5) is 4.39 Å². The van der Waals surface area contributed by atoms with Gasteiger partial charge in [0, 0.05) is 37.7 Å². The maximum Gasteiger partial charge on any atom is 0.251 e. The van der Waals surface area contributed by atoms with E-state index in [-0.39, 0.29) is 36.6 Å². The third kappa shape index (κ3) is 5.92. The van der Waals surface area contributed by atoms with Crippen LogP contribution in [-0.4, -0.2) is 48.9 Å². The van der Waals surface area contributed by atoms with Gasteiger partial charge in [-0.2, -0.15) is 0 Å². The van der Waals surface area contributed by atoms with E-state index in [1.54, 1.807) is 0 Å². The van der Waals surface area contributed by atoms with Gasteiger partial charge in [0.15, 0.2) is 0 Å². The minimum absolute atomic E-state index is 0.0386. The molecule has 1 heterocycles. The van der Waals surface area contributed by atoms with Crippen LogP contribution in [0.3, 0.4) is 0 Å². The lowest BCUT2D eigenvalue weighted by atomic mass is 10.0. The molecular weight excluding hydrogens is 309 g/mol. The Balaban J connectivity index is 1.63. The van der Waals surface area contributed by atoms with Gasteiger partial charge >= 0.3 is 0 Å². The molecule has 1 aliphatic rings. The molecule has 2 rings (SSSR count). The van der Waals surface area contributed by atoms with Gasteiger partial charge in [-0.15, -0.1) is 0 Å². The summed E-state index contributed by atoms with van der Waals surface area (Å²) >= 11 is 0. The van der Waals surface area contributed by atoms with Gasteiger partial charge in [0.05, 0.1) is 0 Å². The third-order valence-electron chi connectivity index (χ3n) is 4.24. The Morgan fingerprint density at radius 2 is 1.88 bits per heavy atom. The number of hydrogen-bond acceptors (Lipinski definition) is 3. The molecule has 0 saturated carbocycles. The quantitative estimate of drug-likeness (QED) is 0.800. The van der Waals surface area contributed by atoms with Crippen molar-refractivity contribution in [3.05, 3.63) is 35.6 Å². The van der Waals surface area contributed by atoms with Crippen LogP contribution >= 0.6 is 0 Å². The van der Waals surface area contributed by atoms with Crippen molar-refractivity contribution >= 4 is 11.8 Å². The van der Waals surface area contributed by atoms with E-state index in [0.29, 0.717) is 5.56 Å². The van der Waals surface area contributed by atoms with Crippen LogP contribution in [0.2, 0.25) is 0 Å². The van der Waals surface area contributed by atoms with E-state index >= 15 is 0 Å². The van der Waals surface area contributed by atoms with Crippen molar-refractivity contribution in [3.63, 3.8) is 0 Å². The molecule has 5 nitrogen and oxygen atoms in total. The summed E-state index contributed by atoms with van der Waals surface area (Å²) in [6.07, 6.45) is 3.37. The van der Waals surface area contributed by atoms with Crippen molar-refractivity contribution < 1.29 is 14.0 Å². The molecular formula is C18H26FN3O2. The first kappa shape index (κ1) is 18.4. The van der Waals surface area contributed by atoms with Crippen LogP contribution in [0.5, 0.6) is 0 Å². The summed E-state index contributed by atoms with van der Waals surface area (Å²) in [5, 5.41) is 5.72. The second-order valence-electron chi connectivity index (χ2n) is 6.20. The standard InChI is InChI=1S/C18H26FN3O2/c1-2-11-22-12-8-16(9-13-22)21-17(23)7-10-20-18(24)14-3-5-15(19)6-4-14/h3-6,16H,2,7-13H2,1H3,(H,20,24)(H,21,23). The molecule has 1 fully saturated rings. The van der Waals surface area contributed by atoms with Crippen molar-refractivity contribution in [2.75, 3.05) is 26.2 Å². The molecule has 1 aromatic rings. The average molecular weight is 335 g/mol. The molecule has 24 heavy (non-hydrogen) atoms. The van der Waals surface area contributed by atoms with Gasteiger partial charge in [-0.05, 0) is 50.1 Å². The number of rotatable bonds is 7. The van der Waals surface area contributed by atoms with Crippen molar-refractivity contribution in [3.8, 4) is 0 Å². The zero-order valence-electron chi connectivity index (χ0n) is 14.2. The predicted molar refractivity (Wildman–Crippen MR) is 91.2 cm³/mol. The number of hydrogen-bond donors (Lipinski definition) is 2. The van der Waals surface area contributed by atoms with Crippen LogP contribution in [0.15, 0.2) is 24.3 Å². The van der Waals surface area contributed by atoms with Crippen molar-refractivity contribution in [1.29, 1.82) is 0 Å². The fourth-order valence-electron chi connectivity index (χ4n) is 2.91. The Labute approximate surface area is 142 Å². The Bertz CT molecular complexity index is 540. The van der Waals surface area contributed by atoms with Crippen molar-refractivity contribution in [2.45, 2.75) is 38.6 Å². The maximum absolute atomic E-state index is 12.8. The molecule has 2 amide bonds. The molecule has 0 bridgehead atoms. The van der Waals surface area contributed by atoms with Crippen molar-refractivity contribution in [2.24, 2.45) is 0 Å². The number of amides is 2. The largest absolute Gasteiger partial charge is 0.353 e. The highest BCUT2D eigenvalue weighted by atomic mass is 19.1. The highest BCUT2D eigenvalue weighted by Gasteiger charge is 2.19. The van der Waals surface area contributed by atoms with Gasteiger partial charge in [0.1, 0.15) is 5.82 Å². The van der Waals surface area contributed by atoms with Crippen LogP contribution < -0.4 is 10.6 Å². The van der Waals surface area contributed by atoms with Gasteiger partial charge in [-0.25, -0.2) is 4.39 Å². The van der Waals surface area contributed by atoms with Crippen LogP contribution in [-0.2, 0) is 4.79 Å². The van der Waals surface area contributed by atoms with E-state index in [1.807, 2.05) is 0 Å². The molecule has 1 aromatic carbocycles. The first-order chi connectivity index (χ1) is 11.6. The van der Waals surface area contributed by atoms with E-state index in [2.05, 4.69) is 22.5 Å². The monoisotopic (exact) mass is 335 g/mol. The second kappa shape index (κ2) is 9.37. The lowest BCUT2D eigenvalue weighted by Gasteiger charge is -2.32. The minimum Gasteiger partial charge on any atom is -0.353 e. The number of nitrogens with zero attached hydrogens (tertiary/aromatic N) is 1. The Kier molecular flexibility index (Phi) is 7.18. The molecule has 0 unspecified atom stereocenters. The number of carbonyl (C=O) groups excluding carboxylic acids is 2. The highest BCUT2D eigenvalue weighted by molar-refractivity contribution is 5.94. The molecule has 1 saturated heterocycles. The summed E-state index contributed by atoms with van der Waals surface area (Å²) in [4.78, 5) is 26.2. The minimum atomic E-state index is -0.379. The summed E-state index contributed by atoms with van der Waals surface area (Å²) in [7, 11) is 0. The first-order valence-corrected chi connectivity index (χ1v) is 8.64. The fourth-order valence-corrected chi connectivity index (χ4v) is 2.91. The van der Waals surface area contributed by atoms with Gasteiger partial charge in [0.2, 0.25) is 5.91 Å². The smallest absolute Gasteiger partial charge is 0.251 e. The van der Waals surface area contributed by atoms with E-state index in [4.69, 9.17) is 0 Å². The van der Waals surface area contributed by atoms with Gasteiger partial charge in [0.25, 0.3) is 5.91 Å². The first-order valence-electron chi connectivity index (χ1n) is 8.64. The summed E-state index contributed by atoms with van der Waals surface area (Å²) < 4.78 is 12.8. The number of nitrogens with one attached hydrogen (secondary N) is 2. The summed E-state index contributed by atoms with van der Waals surface area (Å²) in [5.41, 5.74) is 0.389. The zero-order chi connectivity index (χ0) is 17.4.